The molecular formula is C24H20N4O7. The van der Waals surface area contributed by atoms with Gasteiger partial charge in [0.15, 0.2) is 17.1 Å². The summed E-state index contributed by atoms with van der Waals surface area (Å²) >= 11 is 0. The zero-order valence-electron chi connectivity index (χ0n) is 18.9. The van der Waals surface area contributed by atoms with E-state index in [1.165, 1.54) is 37.6 Å². The molecule has 0 spiro atoms. The number of carboxylic acid groups (broad SMARTS) is 1. The number of methoxy groups -OCH3 is 1. The fourth-order valence-electron chi connectivity index (χ4n) is 3.83. The summed E-state index contributed by atoms with van der Waals surface area (Å²) in [6.45, 7) is 3.65. The minimum absolute atomic E-state index is 0.100. The quantitative estimate of drug-likeness (QED) is 0.230. The molecule has 4 aromatic rings. The number of aromatic carboxylic acids is 1. The summed E-state index contributed by atoms with van der Waals surface area (Å²) in [6, 6.07) is 12.3. The Hall–Kier alpha value is -4.93. The highest BCUT2D eigenvalue weighted by Crippen LogP contribution is 2.33. The van der Waals surface area contributed by atoms with Gasteiger partial charge in [-0.15, -0.1) is 0 Å². The summed E-state index contributed by atoms with van der Waals surface area (Å²) < 4.78 is 12.5. The van der Waals surface area contributed by atoms with Gasteiger partial charge in [-0.05, 0) is 38.1 Å². The minimum atomic E-state index is -1.04. The van der Waals surface area contributed by atoms with Gasteiger partial charge < -0.3 is 18.8 Å². The van der Waals surface area contributed by atoms with E-state index >= 15 is 0 Å². The van der Waals surface area contributed by atoms with E-state index in [2.05, 4.69) is 10.5 Å². The summed E-state index contributed by atoms with van der Waals surface area (Å²) in [5.74, 6) is -1.67. The van der Waals surface area contributed by atoms with Gasteiger partial charge in [-0.2, -0.15) is 5.10 Å². The van der Waals surface area contributed by atoms with Crippen molar-refractivity contribution in [2.45, 2.75) is 13.8 Å². The molecule has 11 heteroatoms. The van der Waals surface area contributed by atoms with Crippen molar-refractivity contribution >= 4 is 34.7 Å². The van der Waals surface area contributed by atoms with Crippen molar-refractivity contribution in [3.63, 3.8) is 0 Å². The van der Waals surface area contributed by atoms with Crippen LogP contribution in [0.4, 0.5) is 5.69 Å². The van der Waals surface area contributed by atoms with Crippen molar-refractivity contribution in [1.82, 2.24) is 9.99 Å². The second kappa shape index (κ2) is 9.14. The van der Waals surface area contributed by atoms with E-state index < -0.39 is 16.8 Å². The zero-order chi connectivity index (χ0) is 25.3. The number of fused-ring (bicyclic) bond motifs is 1. The Morgan fingerprint density at radius 2 is 1.94 bits per heavy atom. The van der Waals surface area contributed by atoms with E-state index in [9.17, 15) is 24.8 Å². The molecule has 0 saturated carbocycles. The Morgan fingerprint density at radius 3 is 2.63 bits per heavy atom. The number of carbonyl (C=O) groups is 2. The second-order valence-corrected chi connectivity index (χ2v) is 7.62. The van der Waals surface area contributed by atoms with Gasteiger partial charge in [0.25, 0.3) is 5.69 Å². The number of ether oxygens (including phenoxy) is 1. The lowest BCUT2D eigenvalue weighted by molar-refractivity contribution is -0.384. The third-order valence-corrected chi connectivity index (χ3v) is 5.44. The van der Waals surface area contributed by atoms with E-state index in [0.29, 0.717) is 16.6 Å². The lowest BCUT2D eigenvalue weighted by Crippen LogP contribution is -2.16. The van der Waals surface area contributed by atoms with E-state index in [1.54, 1.807) is 22.8 Å². The van der Waals surface area contributed by atoms with Crippen molar-refractivity contribution in [1.29, 1.82) is 0 Å². The summed E-state index contributed by atoms with van der Waals surface area (Å²) in [6.07, 6.45) is 1.44. The maximum Gasteiger partial charge on any atom is 0.337 e. The minimum Gasteiger partial charge on any atom is -0.493 e. The number of aromatic nitrogens is 1. The van der Waals surface area contributed by atoms with Crippen LogP contribution in [0.1, 0.15) is 37.9 Å². The van der Waals surface area contributed by atoms with Crippen molar-refractivity contribution in [3.05, 3.63) is 86.9 Å². The normalized spacial score (nSPS) is 11.2. The molecule has 0 aliphatic carbocycles. The molecule has 0 unspecified atom stereocenters. The van der Waals surface area contributed by atoms with Crippen LogP contribution in [0.3, 0.4) is 0 Å². The number of benzene rings is 2. The first kappa shape index (κ1) is 23.2. The van der Waals surface area contributed by atoms with Crippen molar-refractivity contribution in [2.24, 2.45) is 5.10 Å². The summed E-state index contributed by atoms with van der Waals surface area (Å²) in [4.78, 5) is 34.7. The first-order valence-electron chi connectivity index (χ1n) is 10.3. The van der Waals surface area contributed by atoms with Crippen LogP contribution >= 0.6 is 0 Å². The molecular weight excluding hydrogens is 456 g/mol. The predicted molar refractivity (Wildman–Crippen MR) is 127 cm³/mol. The summed E-state index contributed by atoms with van der Waals surface area (Å²) in [5, 5.41) is 25.0. The average Bonchev–Trinajstić information content (AvgIpc) is 3.38. The van der Waals surface area contributed by atoms with E-state index in [0.717, 1.165) is 11.4 Å². The van der Waals surface area contributed by atoms with Crippen LogP contribution in [0.5, 0.6) is 5.75 Å². The Morgan fingerprint density at radius 1 is 1.20 bits per heavy atom. The third-order valence-electron chi connectivity index (χ3n) is 5.44. The van der Waals surface area contributed by atoms with Gasteiger partial charge in [0.05, 0.1) is 35.6 Å². The highest BCUT2D eigenvalue weighted by molar-refractivity contribution is 5.98. The fourth-order valence-corrected chi connectivity index (χ4v) is 3.83. The first-order valence-corrected chi connectivity index (χ1v) is 10.3. The highest BCUT2D eigenvalue weighted by Gasteiger charge is 2.20. The second-order valence-electron chi connectivity index (χ2n) is 7.62. The van der Waals surface area contributed by atoms with Gasteiger partial charge in [0, 0.05) is 28.4 Å². The Kier molecular flexibility index (Phi) is 6.07. The number of hydrogen-bond acceptors (Lipinski definition) is 7. The third kappa shape index (κ3) is 4.34. The van der Waals surface area contributed by atoms with Gasteiger partial charge >= 0.3 is 11.9 Å². The number of amides is 1. The van der Waals surface area contributed by atoms with Crippen molar-refractivity contribution < 1.29 is 28.8 Å². The molecule has 2 heterocycles. The Labute approximate surface area is 198 Å². The maximum absolute atomic E-state index is 12.6. The lowest BCUT2D eigenvalue weighted by Gasteiger charge is -2.12. The molecule has 178 valence electrons. The number of non-ortho nitro benzene ring substituents is 1. The molecule has 2 aromatic heterocycles. The number of nitrogens with zero attached hydrogens (tertiary/aromatic N) is 3. The number of rotatable bonds is 7. The molecule has 0 fully saturated rings. The number of nitrogens with one attached hydrogen (secondary N) is 1. The molecule has 0 atom stereocenters. The Bertz CT molecular complexity index is 1510. The van der Waals surface area contributed by atoms with E-state index in [4.69, 9.17) is 9.15 Å². The molecule has 0 bridgehead atoms. The number of hydrazone groups is 1. The average molecular weight is 476 g/mol. The smallest absolute Gasteiger partial charge is 0.337 e. The number of nitro benzene ring substituents is 1. The first-order chi connectivity index (χ1) is 16.7. The number of hydrogen-bond donors (Lipinski definition) is 2. The van der Waals surface area contributed by atoms with Gasteiger partial charge in [0.2, 0.25) is 0 Å². The molecule has 4 rings (SSSR count). The topological polar surface area (TPSA) is 149 Å². The predicted octanol–water partition coefficient (Wildman–Crippen LogP) is 4.22. The van der Waals surface area contributed by atoms with Gasteiger partial charge in [-0.1, -0.05) is 12.1 Å². The number of para-hydroxylation sites is 1. The fraction of sp³-hybridized carbons (Fsp3) is 0.125. The van der Waals surface area contributed by atoms with Gasteiger partial charge in [-0.25, -0.2) is 10.2 Å². The SMILES string of the molecule is COc1cc([N+](=O)[O-])cc2cc(C(=O)N/N=C\c3cc(C)n(-c4ccccc4C(=O)O)c3C)oc12. The van der Waals surface area contributed by atoms with Crippen LogP contribution in [-0.2, 0) is 0 Å². The van der Waals surface area contributed by atoms with E-state index in [1.807, 2.05) is 19.9 Å². The molecule has 35 heavy (non-hydrogen) atoms. The molecule has 0 aliphatic rings. The number of furan rings is 1. The maximum atomic E-state index is 12.6. The van der Waals surface area contributed by atoms with Crippen molar-refractivity contribution in [3.8, 4) is 11.4 Å². The monoisotopic (exact) mass is 476 g/mol. The number of carbonyl (C=O) groups excluding carboxylic acids is 1. The molecule has 0 aliphatic heterocycles. The lowest BCUT2D eigenvalue weighted by atomic mass is 10.1. The largest absolute Gasteiger partial charge is 0.493 e. The van der Waals surface area contributed by atoms with E-state index in [-0.39, 0.29) is 28.3 Å². The van der Waals surface area contributed by atoms with Gasteiger partial charge in [-0.3, -0.25) is 14.9 Å². The summed E-state index contributed by atoms with van der Waals surface area (Å²) in [7, 11) is 1.34. The van der Waals surface area contributed by atoms with Crippen LogP contribution in [0.25, 0.3) is 16.7 Å². The number of nitro groups is 1. The molecule has 2 N–H and O–H groups in total. The number of carboxylic acids is 1. The standard InChI is InChI=1S/C24H20N4O7/c1-13-8-16(14(2)27(13)19-7-5-4-6-18(19)24(30)31)12-25-26-23(29)21-10-15-9-17(28(32)33)11-20(34-3)22(15)35-21/h4-12H,1-3H3,(H,26,29)(H,30,31)/b25-12-. The molecule has 2 aromatic carbocycles. The van der Waals surface area contributed by atoms with Crippen LogP contribution in [0.15, 0.2) is 58.0 Å². The van der Waals surface area contributed by atoms with Crippen LogP contribution < -0.4 is 10.2 Å². The highest BCUT2D eigenvalue weighted by atomic mass is 16.6. The van der Waals surface area contributed by atoms with Crippen LogP contribution in [0.2, 0.25) is 0 Å². The van der Waals surface area contributed by atoms with Gasteiger partial charge in [0.1, 0.15) is 0 Å². The number of aryl methyl sites for hydroxylation is 1. The molecule has 1 amide bonds. The molecule has 0 radical (unpaired) electrons. The Balaban J connectivity index is 1.58. The summed E-state index contributed by atoms with van der Waals surface area (Å²) in [5.41, 5.74) is 5.24. The zero-order valence-corrected chi connectivity index (χ0v) is 18.9. The van der Waals surface area contributed by atoms with Crippen LogP contribution in [0, 0.1) is 24.0 Å². The molecule has 11 nitrogen and oxygen atoms in total. The molecule has 0 saturated heterocycles. The van der Waals surface area contributed by atoms with Crippen molar-refractivity contribution in [2.75, 3.05) is 7.11 Å². The van der Waals surface area contributed by atoms with Crippen LogP contribution in [-0.4, -0.2) is 39.8 Å².